The first-order valence-electron chi connectivity index (χ1n) is 6.35. The fraction of sp³-hybridized carbons (Fsp3) is 0.462. The minimum atomic E-state index is -0.637. The molecule has 1 aromatic carbocycles. The van der Waals surface area contributed by atoms with E-state index in [0.29, 0.717) is 13.0 Å². The van der Waals surface area contributed by atoms with Gasteiger partial charge in [-0.15, -0.1) is 0 Å². The summed E-state index contributed by atoms with van der Waals surface area (Å²) < 4.78 is 10.1. The molecule has 8 heteroatoms. The Morgan fingerprint density at radius 2 is 2.00 bits per heavy atom. The zero-order chi connectivity index (χ0) is 15.6. The third-order valence-electron chi connectivity index (χ3n) is 3.38. The molecule has 1 atom stereocenters. The molecule has 114 valence electrons. The number of nitrogens with zero attached hydrogens (tertiary/aromatic N) is 2. The van der Waals surface area contributed by atoms with E-state index in [0.717, 1.165) is 0 Å². The average molecular weight is 296 g/mol. The van der Waals surface area contributed by atoms with Crippen molar-refractivity contribution in [3.05, 3.63) is 27.8 Å². The van der Waals surface area contributed by atoms with E-state index in [-0.39, 0.29) is 29.3 Å². The topological polar surface area (TPSA) is 102 Å². The van der Waals surface area contributed by atoms with Gasteiger partial charge < -0.3 is 19.5 Å². The Kier molecular flexibility index (Phi) is 4.27. The molecule has 8 nitrogen and oxygen atoms in total. The molecular formula is C13H16N2O6. The number of rotatable bonds is 4. The molecule has 0 aromatic heterocycles. The summed E-state index contributed by atoms with van der Waals surface area (Å²) in [4.78, 5) is 24.3. The number of nitro benzene ring substituents is 1. The number of hydrogen-bond donors (Lipinski definition) is 1. The highest BCUT2D eigenvalue weighted by Gasteiger charge is 2.31. The van der Waals surface area contributed by atoms with Crippen LogP contribution in [0.3, 0.4) is 0 Å². The number of ether oxygens (including phenoxy) is 2. The third-order valence-corrected chi connectivity index (χ3v) is 3.38. The van der Waals surface area contributed by atoms with Crippen LogP contribution in [0.5, 0.6) is 11.5 Å². The van der Waals surface area contributed by atoms with Crippen molar-refractivity contribution < 1.29 is 24.3 Å². The van der Waals surface area contributed by atoms with Gasteiger partial charge in [-0.1, -0.05) is 0 Å². The highest BCUT2D eigenvalue weighted by Crippen LogP contribution is 2.35. The van der Waals surface area contributed by atoms with Crippen molar-refractivity contribution in [3.8, 4) is 11.5 Å². The van der Waals surface area contributed by atoms with E-state index in [1.165, 1.54) is 31.3 Å². The first kappa shape index (κ1) is 15.0. The van der Waals surface area contributed by atoms with Gasteiger partial charge in [-0.3, -0.25) is 14.9 Å². The Balaban J connectivity index is 2.45. The first-order valence-corrected chi connectivity index (χ1v) is 6.35. The Bertz CT molecular complexity index is 574. The van der Waals surface area contributed by atoms with Crippen molar-refractivity contribution in [2.75, 3.05) is 27.3 Å². The maximum atomic E-state index is 12.4. The van der Waals surface area contributed by atoms with Gasteiger partial charge in [0.15, 0.2) is 11.5 Å². The fourth-order valence-corrected chi connectivity index (χ4v) is 2.29. The largest absolute Gasteiger partial charge is 0.493 e. The van der Waals surface area contributed by atoms with Gasteiger partial charge in [-0.25, -0.2) is 0 Å². The Morgan fingerprint density at radius 1 is 1.38 bits per heavy atom. The molecule has 1 amide bonds. The summed E-state index contributed by atoms with van der Waals surface area (Å²) >= 11 is 0. The summed E-state index contributed by atoms with van der Waals surface area (Å²) in [5.74, 6) is -0.0763. The molecule has 1 fully saturated rings. The summed E-state index contributed by atoms with van der Waals surface area (Å²) in [6.07, 6.45) is -0.125. The van der Waals surface area contributed by atoms with E-state index in [1.807, 2.05) is 0 Å². The lowest BCUT2D eigenvalue weighted by atomic mass is 10.1. The second-order valence-corrected chi connectivity index (χ2v) is 4.68. The highest BCUT2D eigenvalue weighted by atomic mass is 16.6. The third kappa shape index (κ3) is 2.89. The van der Waals surface area contributed by atoms with Gasteiger partial charge in [0.2, 0.25) is 0 Å². The van der Waals surface area contributed by atoms with Gasteiger partial charge in [-0.2, -0.15) is 0 Å². The van der Waals surface area contributed by atoms with Crippen molar-refractivity contribution in [1.29, 1.82) is 0 Å². The van der Waals surface area contributed by atoms with Crippen LogP contribution in [0.1, 0.15) is 16.8 Å². The van der Waals surface area contributed by atoms with Crippen molar-refractivity contribution in [2.24, 2.45) is 0 Å². The quantitative estimate of drug-likeness (QED) is 0.652. The first-order chi connectivity index (χ1) is 9.97. The zero-order valence-corrected chi connectivity index (χ0v) is 11.7. The van der Waals surface area contributed by atoms with E-state index in [2.05, 4.69) is 0 Å². The monoisotopic (exact) mass is 296 g/mol. The van der Waals surface area contributed by atoms with Crippen molar-refractivity contribution in [3.63, 3.8) is 0 Å². The van der Waals surface area contributed by atoms with E-state index in [1.54, 1.807) is 0 Å². The Morgan fingerprint density at radius 3 is 2.48 bits per heavy atom. The maximum Gasteiger partial charge on any atom is 0.286 e. The number of amides is 1. The predicted molar refractivity (Wildman–Crippen MR) is 72.7 cm³/mol. The van der Waals surface area contributed by atoms with E-state index >= 15 is 0 Å². The molecule has 1 aromatic rings. The van der Waals surface area contributed by atoms with Crippen LogP contribution in [0.25, 0.3) is 0 Å². The van der Waals surface area contributed by atoms with Crippen LogP contribution in [0.4, 0.5) is 5.69 Å². The van der Waals surface area contributed by atoms with Crippen LogP contribution in [-0.2, 0) is 0 Å². The molecular weight excluding hydrogens is 280 g/mol. The molecule has 0 bridgehead atoms. The van der Waals surface area contributed by atoms with Crippen LogP contribution in [0.2, 0.25) is 0 Å². The fourth-order valence-electron chi connectivity index (χ4n) is 2.29. The Labute approximate surface area is 121 Å². The smallest absolute Gasteiger partial charge is 0.286 e. The number of nitro groups is 1. The maximum absolute atomic E-state index is 12.4. The summed E-state index contributed by atoms with van der Waals surface area (Å²) in [7, 11) is 2.75. The second kappa shape index (κ2) is 5.96. The molecule has 1 heterocycles. The number of β-amino-alcohol motifs (C(OH)–C–C–N with tert-alkyl or cyclic N) is 1. The van der Waals surface area contributed by atoms with Gasteiger partial charge in [0.25, 0.3) is 11.6 Å². The van der Waals surface area contributed by atoms with Crippen LogP contribution in [0.15, 0.2) is 12.1 Å². The number of carbonyl (C=O) groups excluding carboxylic acids is 1. The molecule has 0 saturated carbocycles. The number of likely N-dealkylation sites (tertiary alicyclic amines) is 1. The SMILES string of the molecule is COc1cc(C(=O)N2CCC(O)C2)c([N+](=O)[O-])cc1OC. The highest BCUT2D eigenvalue weighted by molar-refractivity contribution is 5.99. The number of methoxy groups -OCH3 is 2. The molecule has 1 unspecified atom stereocenters. The predicted octanol–water partition coefficient (Wildman–Crippen LogP) is 0.819. The van der Waals surface area contributed by atoms with E-state index in [4.69, 9.17) is 9.47 Å². The van der Waals surface area contributed by atoms with Crippen LogP contribution in [-0.4, -0.2) is 54.3 Å². The molecule has 1 aliphatic heterocycles. The van der Waals surface area contributed by atoms with Gasteiger partial charge in [0, 0.05) is 19.2 Å². The number of aliphatic hydroxyl groups excluding tert-OH is 1. The molecule has 1 aliphatic rings. The number of benzene rings is 1. The molecule has 1 N–H and O–H groups in total. The molecule has 1 saturated heterocycles. The summed E-state index contributed by atoms with van der Waals surface area (Å²) in [5.41, 5.74) is -0.425. The van der Waals surface area contributed by atoms with Gasteiger partial charge in [0.05, 0.1) is 31.3 Å². The number of carbonyl (C=O) groups is 1. The lowest BCUT2D eigenvalue weighted by Crippen LogP contribution is -2.30. The van der Waals surface area contributed by atoms with Crippen molar-refractivity contribution in [2.45, 2.75) is 12.5 Å². The van der Waals surface area contributed by atoms with Crippen molar-refractivity contribution in [1.82, 2.24) is 4.90 Å². The normalized spacial score (nSPS) is 17.7. The molecule has 2 rings (SSSR count). The number of aliphatic hydroxyl groups is 1. The Hall–Kier alpha value is -2.35. The summed E-state index contributed by atoms with van der Waals surface area (Å²) in [5, 5.41) is 20.6. The minimum Gasteiger partial charge on any atom is -0.493 e. The second-order valence-electron chi connectivity index (χ2n) is 4.68. The van der Waals surface area contributed by atoms with Gasteiger partial charge in [-0.05, 0) is 6.42 Å². The molecule has 21 heavy (non-hydrogen) atoms. The van der Waals surface area contributed by atoms with E-state index in [9.17, 15) is 20.0 Å². The average Bonchev–Trinajstić information content (AvgIpc) is 2.91. The van der Waals surface area contributed by atoms with Crippen LogP contribution < -0.4 is 9.47 Å². The van der Waals surface area contributed by atoms with Gasteiger partial charge >= 0.3 is 0 Å². The van der Waals surface area contributed by atoms with E-state index < -0.39 is 16.9 Å². The van der Waals surface area contributed by atoms with Crippen LogP contribution >= 0.6 is 0 Å². The van der Waals surface area contributed by atoms with Crippen LogP contribution in [0, 0.1) is 10.1 Å². The van der Waals surface area contributed by atoms with Gasteiger partial charge in [0.1, 0.15) is 5.56 Å². The number of hydrogen-bond acceptors (Lipinski definition) is 6. The lowest BCUT2D eigenvalue weighted by Gasteiger charge is -2.17. The zero-order valence-electron chi connectivity index (χ0n) is 11.7. The molecule has 0 radical (unpaired) electrons. The van der Waals surface area contributed by atoms with Crippen molar-refractivity contribution >= 4 is 11.6 Å². The summed E-state index contributed by atoms with van der Waals surface area (Å²) in [6.45, 7) is 0.538. The summed E-state index contributed by atoms with van der Waals surface area (Å²) in [6, 6.07) is 2.46. The lowest BCUT2D eigenvalue weighted by molar-refractivity contribution is -0.385. The minimum absolute atomic E-state index is 0.0771. The molecule has 0 aliphatic carbocycles. The standard InChI is InChI=1S/C13H16N2O6/c1-20-11-5-9(10(15(18)19)6-12(11)21-2)13(17)14-4-3-8(16)7-14/h5-6,8,16H,3-4,7H2,1-2H3. The molecule has 0 spiro atoms.